The Bertz CT molecular complexity index is 348. The topological polar surface area (TPSA) is 15.3 Å². The predicted molar refractivity (Wildman–Crippen MR) is 71.9 cm³/mol. The summed E-state index contributed by atoms with van der Waals surface area (Å²) in [7, 11) is 3.97. The van der Waals surface area contributed by atoms with Crippen LogP contribution in [0.5, 0.6) is 0 Å². The smallest absolute Gasteiger partial charge is 0.123 e. The molecule has 0 unspecified atom stereocenters. The second-order valence-corrected chi connectivity index (χ2v) is 4.38. The van der Waals surface area contributed by atoms with Gasteiger partial charge in [-0.1, -0.05) is 13.8 Å². The molecule has 0 aliphatic heterocycles. The number of anilines is 1. The molecule has 0 saturated heterocycles. The van der Waals surface area contributed by atoms with Crippen LogP contribution >= 0.6 is 0 Å². The summed E-state index contributed by atoms with van der Waals surface area (Å²) in [6.45, 7) is 5.06. The average Bonchev–Trinajstić information content (AvgIpc) is 2.31. The molecule has 2 nitrogen and oxygen atoms in total. The van der Waals surface area contributed by atoms with Crippen LogP contribution in [0.25, 0.3) is 0 Å². The Morgan fingerprint density at radius 3 is 2.47 bits per heavy atom. The monoisotopic (exact) mass is 238 g/mol. The van der Waals surface area contributed by atoms with E-state index in [1.807, 2.05) is 13.1 Å². The van der Waals surface area contributed by atoms with Crippen LogP contribution < -0.4 is 10.2 Å². The van der Waals surface area contributed by atoms with Crippen molar-refractivity contribution in [3.8, 4) is 0 Å². The minimum Gasteiger partial charge on any atom is -0.371 e. The van der Waals surface area contributed by atoms with E-state index in [0.717, 1.165) is 24.1 Å². The van der Waals surface area contributed by atoms with Crippen LogP contribution in [0.4, 0.5) is 10.1 Å². The average molecular weight is 238 g/mol. The van der Waals surface area contributed by atoms with E-state index in [1.54, 1.807) is 6.07 Å². The molecule has 0 aliphatic carbocycles. The molecule has 0 aromatic heterocycles. The first-order valence-electron chi connectivity index (χ1n) is 6.29. The van der Waals surface area contributed by atoms with Gasteiger partial charge in [0.25, 0.3) is 0 Å². The highest BCUT2D eigenvalue weighted by atomic mass is 19.1. The summed E-state index contributed by atoms with van der Waals surface area (Å²) in [4.78, 5) is 2.26. The Hall–Kier alpha value is -1.09. The molecule has 0 aliphatic rings. The van der Waals surface area contributed by atoms with Gasteiger partial charge < -0.3 is 10.2 Å². The van der Waals surface area contributed by atoms with E-state index < -0.39 is 0 Å². The van der Waals surface area contributed by atoms with Gasteiger partial charge in [-0.25, -0.2) is 4.39 Å². The number of hydrogen-bond acceptors (Lipinski definition) is 2. The third-order valence-corrected chi connectivity index (χ3v) is 3.28. The molecule has 3 heteroatoms. The second kappa shape index (κ2) is 6.60. The first-order valence-corrected chi connectivity index (χ1v) is 6.29. The van der Waals surface area contributed by atoms with E-state index in [4.69, 9.17) is 0 Å². The molecule has 0 fully saturated rings. The van der Waals surface area contributed by atoms with E-state index >= 15 is 0 Å². The van der Waals surface area contributed by atoms with E-state index in [1.165, 1.54) is 6.07 Å². The van der Waals surface area contributed by atoms with Gasteiger partial charge in [0.05, 0.1) is 0 Å². The normalized spacial score (nSPS) is 10.9. The number of halogens is 1. The van der Waals surface area contributed by atoms with Crippen molar-refractivity contribution in [2.75, 3.05) is 19.0 Å². The summed E-state index contributed by atoms with van der Waals surface area (Å²) in [6, 6.07) is 5.54. The molecule has 0 amide bonds. The fraction of sp³-hybridized carbons (Fsp3) is 0.571. The number of nitrogens with zero attached hydrogens (tertiary/aromatic N) is 1. The van der Waals surface area contributed by atoms with Crippen molar-refractivity contribution < 1.29 is 4.39 Å². The third kappa shape index (κ3) is 3.43. The van der Waals surface area contributed by atoms with Crippen LogP contribution in [0.1, 0.15) is 32.3 Å². The quantitative estimate of drug-likeness (QED) is 0.819. The van der Waals surface area contributed by atoms with E-state index in [9.17, 15) is 4.39 Å². The summed E-state index contributed by atoms with van der Waals surface area (Å²) in [5, 5.41) is 3.09. The molecule has 0 atom stereocenters. The second-order valence-electron chi connectivity index (χ2n) is 4.38. The van der Waals surface area contributed by atoms with Gasteiger partial charge in [-0.3, -0.25) is 0 Å². The van der Waals surface area contributed by atoms with E-state index in [2.05, 4.69) is 31.1 Å². The van der Waals surface area contributed by atoms with Crippen molar-refractivity contribution in [2.24, 2.45) is 0 Å². The molecule has 96 valence electrons. The first kappa shape index (κ1) is 14.0. The zero-order valence-corrected chi connectivity index (χ0v) is 11.3. The fourth-order valence-corrected chi connectivity index (χ4v) is 2.26. The van der Waals surface area contributed by atoms with Crippen LogP contribution in [-0.2, 0) is 6.54 Å². The minimum atomic E-state index is -0.169. The molecule has 0 spiro atoms. The summed E-state index contributed by atoms with van der Waals surface area (Å²) in [5.41, 5.74) is 2.14. The molecule has 17 heavy (non-hydrogen) atoms. The summed E-state index contributed by atoms with van der Waals surface area (Å²) < 4.78 is 13.3. The maximum Gasteiger partial charge on any atom is 0.123 e. The van der Waals surface area contributed by atoms with Crippen LogP contribution in [0.2, 0.25) is 0 Å². The highest BCUT2D eigenvalue weighted by Gasteiger charge is 2.14. The zero-order valence-electron chi connectivity index (χ0n) is 11.3. The van der Waals surface area contributed by atoms with Gasteiger partial charge in [0.2, 0.25) is 0 Å². The maximum absolute atomic E-state index is 13.3. The molecule has 0 heterocycles. The van der Waals surface area contributed by atoms with Gasteiger partial charge in [0.15, 0.2) is 0 Å². The largest absolute Gasteiger partial charge is 0.371 e. The van der Waals surface area contributed by atoms with Crippen molar-refractivity contribution in [2.45, 2.75) is 39.3 Å². The third-order valence-electron chi connectivity index (χ3n) is 3.28. The maximum atomic E-state index is 13.3. The lowest BCUT2D eigenvalue weighted by Crippen LogP contribution is -2.31. The lowest BCUT2D eigenvalue weighted by Gasteiger charge is -2.30. The highest BCUT2D eigenvalue weighted by Crippen LogP contribution is 2.24. The minimum absolute atomic E-state index is 0.169. The molecular weight excluding hydrogens is 215 g/mol. The van der Waals surface area contributed by atoms with E-state index in [-0.39, 0.29) is 5.82 Å². The van der Waals surface area contributed by atoms with Crippen molar-refractivity contribution in [3.63, 3.8) is 0 Å². The van der Waals surface area contributed by atoms with Crippen molar-refractivity contribution in [1.82, 2.24) is 5.32 Å². The van der Waals surface area contributed by atoms with Gasteiger partial charge in [0, 0.05) is 25.3 Å². The standard InChI is InChI=1S/C14H23FN2/c1-5-13(6-2)17(4)14-8-7-12(15)9-11(14)10-16-3/h7-9,13,16H,5-6,10H2,1-4H3. The molecule has 0 bridgehead atoms. The molecule has 1 aromatic rings. The van der Waals surface area contributed by atoms with Crippen molar-refractivity contribution in [3.05, 3.63) is 29.6 Å². The Morgan fingerprint density at radius 2 is 1.94 bits per heavy atom. The summed E-state index contributed by atoms with van der Waals surface area (Å²) in [5.74, 6) is -0.169. The predicted octanol–water partition coefficient (Wildman–Crippen LogP) is 3.17. The van der Waals surface area contributed by atoms with Crippen LogP contribution in [0.3, 0.4) is 0 Å². The lowest BCUT2D eigenvalue weighted by molar-refractivity contribution is 0.585. The molecule has 0 saturated carbocycles. The SMILES string of the molecule is CCC(CC)N(C)c1ccc(F)cc1CNC. The Labute approximate surface area is 104 Å². The van der Waals surface area contributed by atoms with Gasteiger partial charge in [-0.2, -0.15) is 0 Å². The van der Waals surface area contributed by atoms with Gasteiger partial charge in [-0.05, 0) is 43.7 Å². The van der Waals surface area contributed by atoms with Crippen LogP contribution in [-0.4, -0.2) is 20.1 Å². The molecule has 1 N–H and O–H groups in total. The Morgan fingerprint density at radius 1 is 1.29 bits per heavy atom. The van der Waals surface area contributed by atoms with Crippen molar-refractivity contribution >= 4 is 5.69 Å². The fourth-order valence-electron chi connectivity index (χ4n) is 2.26. The van der Waals surface area contributed by atoms with Gasteiger partial charge in [0.1, 0.15) is 5.82 Å². The van der Waals surface area contributed by atoms with Crippen LogP contribution in [0.15, 0.2) is 18.2 Å². The van der Waals surface area contributed by atoms with Gasteiger partial charge in [-0.15, -0.1) is 0 Å². The number of rotatable bonds is 6. The van der Waals surface area contributed by atoms with E-state index in [0.29, 0.717) is 12.6 Å². The molecular formula is C14H23FN2. The Kier molecular flexibility index (Phi) is 5.42. The number of benzene rings is 1. The number of hydrogen-bond donors (Lipinski definition) is 1. The number of nitrogens with one attached hydrogen (secondary N) is 1. The molecule has 1 rings (SSSR count). The Balaban J connectivity index is 3.02. The first-order chi connectivity index (χ1) is 8.13. The zero-order chi connectivity index (χ0) is 12.8. The van der Waals surface area contributed by atoms with Crippen molar-refractivity contribution in [1.29, 1.82) is 0 Å². The summed E-state index contributed by atoms with van der Waals surface area (Å²) >= 11 is 0. The lowest BCUT2D eigenvalue weighted by atomic mass is 10.1. The van der Waals surface area contributed by atoms with Crippen LogP contribution in [0, 0.1) is 5.82 Å². The molecule has 0 radical (unpaired) electrons. The molecule has 1 aromatic carbocycles. The highest BCUT2D eigenvalue weighted by molar-refractivity contribution is 5.54. The summed E-state index contributed by atoms with van der Waals surface area (Å²) in [6.07, 6.45) is 2.20. The van der Waals surface area contributed by atoms with Gasteiger partial charge >= 0.3 is 0 Å².